The second-order valence-electron chi connectivity index (χ2n) is 4.42. The van der Waals surface area contributed by atoms with Gasteiger partial charge in [0.15, 0.2) is 0 Å². The highest BCUT2D eigenvalue weighted by molar-refractivity contribution is 7.19. The Balaban J connectivity index is 1.96. The number of hydrogen-bond donors (Lipinski definition) is 0. The number of halogens is 1. The Hall–Kier alpha value is -0.710. The molecule has 18 heavy (non-hydrogen) atoms. The normalized spacial score (nSPS) is 14.3. The van der Waals surface area contributed by atoms with E-state index < -0.39 is 0 Å². The van der Waals surface area contributed by atoms with Crippen LogP contribution in [-0.2, 0) is 24.0 Å². The summed E-state index contributed by atoms with van der Waals surface area (Å²) in [5, 5.41) is 1.71. The Labute approximate surface area is 115 Å². The number of rotatable bonds is 4. The third-order valence-corrected chi connectivity index (χ3v) is 4.70. The summed E-state index contributed by atoms with van der Waals surface area (Å²) in [7, 11) is 0. The van der Waals surface area contributed by atoms with Crippen molar-refractivity contribution in [3.8, 4) is 0 Å². The predicted molar refractivity (Wildman–Crippen MR) is 74.6 cm³/mol. The summed E-state index contributed by atoms with van der Waals surface area (Å²) < 4.78 is 5.33. The summed E-state index contributed by atoms with van der Waals surface area (Å²) in [4.78, 5) is 11.5. The number of nitrogens with zero attached hydrogens (tertiary/aromatic N) is 2. The minimum absolute atomic E-state index is 0.617. The Morgan fingerprint density at radius 3 is 3.06 bits per heavy atom. The molecule has 0 spiro atoms. The monoisotopic (exact) mass is 282 g/mol. The van der Waals surface area contributed by atoms with E-state index in [0.717, 1.165) is 35.5 Å². The predicted octanol–water partition coefficient (Wildman–Crippen LogP) is 3.41. The van der Waals surface area contributed by atoms with Crippen molar-refractivity contribution in [1.29, 1.82) is 0 Å². The minimum atomic E-state index is 0.617. The zero-order valence-electron chi connectivity index (χ0n) is 10.3. The maximum absolute atomic E-state index is 6.31. The Kier molecular flexibility index (Phi) is 3.50. The zero-order valence-corrected chi connectivity index (χ0v) is 11.9. The van der Waals surface area contributed by atoms with Gasteiger partial charge in [-0.15, -0.1) is 11.3 Å². The molecular formula is C13H15ClN2OS. The number of fused-ring (bicyclic) bond motifs is 3. The molecule has 0 atom stereocenters. The van der Waals surface area contributed by atoms with Crippen molar-refractivity contribution < 1.29 is 4.74 Å². The standard InChI is InChI=1S/C13H15ClN2OS/c1-2-17-7-6-10-15-12(14)11-8-4-3-5-9(8)18-13(11)16-10/h2-7H2,1H3. The molecule has 0 saturated heterocycles. The molecule has 0 radical (unpaired) electrons. The van der Waals surface area contributed by atoms with Crippen LogP contribution in [0.5, 0.6) is 0 Å². The molecule has 0 amide bonds. The average molecular weight is 283 g/mol. The van der Waals surface area contributed by atoms with Crippen LogP contribution >= 0.6 is 22.9 Å². The summed E-state index contributed by atoms with van der Waals surface area (Å²) in [6.07, 6.45) is 4.25. The summed E-state index contributed by atoms with van der Waals surface area (Å²) in [5.41, 5.74) is 1.39. The van der Waals surface area contributed by atoms with Crippen LogP contribution in [0.1, 0.15) is 29.6 Å². The number of thiophene rings is 1. The van der Waals surface area contributed by atoms with Crippen LogP contribution in [0, 0.1) is 0 Å². The Morgan fingerprint density at radius 2 is 2.22 bits per heavy atom. The maximum atomic E-state index is 6.31. The molecule has 2 aromatic heterocycles. The fourth-order valence-corrected chi connectivity index (χ4v) is 4.05. The van der Waals surface area contributed by atoms with Crippen LogP contribution in [0.2, 0.25) is 5.15 Å². The molecular weight excluding hydrogens is 268 g/mol. The van der Waals surface area contributed by atoms with Gasteiger partial charge < -0.3 is 4.74 Å². The third-order valence-electron chi connectivity index (χ3n) is 3.24. The lowest BCUT2D eigenvalue weighted by molar-refractivity contribution is 0.149. The van der Waals surface area contributed by atoms with E-state index in [-0.39, 0.29) is 0 Å². The molecule has 5 heteroatoms. The van der Waals surface area contributed by atoms with Crippen LogP contribution < -0.4 is 0 Å². The molecule has 0 N–H and O–H groups in total. The van der Waals surface area contributed by atoms with Gasteiger partial charge in [0.05, 0.1) is 12.0 Å². The number of ether oxygens (including phenoxy) is 1. The fraction of sp³-hybridized carbons (Fsp3) is 0.538. The second kappa shape index (κ2) is 5.11. The van der Waals surface area contributed by atoms with Crippen molar-refractivity contribution in [3.05, 3.63) is 21.4 Å². The van der Waals surface area contributed by atoms with Gasteiger partial charge in [0.2, 0.25) is 0 Å². The molecule has 0 saturated carbocycles. The van der Waals surface area contributed by atoms with Gasteiger partial charge in [-0.1, -0.05) is 11.6 Å². The molecule has 0 bridgehead atoms. The molecule has 0 unspecified atom stereocenters. The van der Waals surface area contributed by atoms with Crippen molar-refractivity contribution in [2.45, 2.75) is 32.6 Å². The lowest BCUT2D eigenvalue weighted by atomic mass is 10.2. The largest absolute Gasteiger partial charge is 0.381 e. The van der Waals surface area contributed by atoms with Crippen LogP contribution in [0.15, 0.2) is 0 Å². The quantitative estimate of drug-likeness (QED) is 0.637. The van der Waals surface area contributed by atoms with Crippen molar-refractivity contribution in [3.63, 3.8) is 0 Å². The summed E-state index contributed by atoms with van der Waals surface area (Å²) >= 11 is 8.09. The number of aryl methyl sites for hydroxylation is 2. The molecule has 96 valence electrons. The van der Waals surface area contributed by atoms with Crippen molar-refractivity contribution >= 4 is 33.2 Å². The molecule has 2 aromatic rings. The highest BCUT2D eigenvalue weighted by Gasteiger charge is 2.21. The van der Waals surface area contributed by atoms with E-state index >= 15 is 0 Å². The van der Waals surface area contributed by atoms with Gasteiger partial charge in [0.25, 0.3) is 0 Å². The van der Waals surface area contributed by atoms with Crippen LogP contribution in [0.25, 0.3) is 10.2 Å². The summed E-state index contributed by atoms with van der Waals surface area (Å²) in [5.74, 6) is 0.792. The highest BCUT2D eigenvalue weighted by atomic mass is 35.5. The number of aromatic nitrogens is 2. The van der Waals surface area contributed by atoms with E-state index in [4.69, 9.17) is 16.3 Å². The van der Waals surface area contributed by atoms with Crippen LogP contribution in [0.3, 0.4) is 0 Å². The lowest BCUT2D eigenvalue weighted by Crippen LogP contribution is -2.02. The Morgan fingerprint density at radius 1 is 1.33 bits per heavy atom. The molecule has 0 aromatic carbocycles. The molecule has 3 nitrogen and oxygen atoms in total. The van der Waals surface area contributed by atoms with Crippen LogP contribution in [-0.4, -0.2) is 23.2 Å². The van der Waals surface area contributed by atoms with E-state index in [1.165, 1.54) is 23.3 Å². The SMILES string of the molecule is CCOCCc1nc(Cl)c2c3c(sc2n1)CCC3. The van der Waals surface area contributed by atoms with Gasteiger partial charge in [-0.2, -0.15) is 0 Å². The molecule has 3 rings (SSSR count). The van der Waals surface area contributed by atoms with Gasteiger partial charge in [0, 0.05) is 17.9 Å². The molecule has 1 aliphatic rings. The molecule has 2 heterocycles. The highest BCUT2D eigenvalue weighted by Crippen LogP contribution is 2.39. The fourth-order valence-electron chi connectivity index (χ4n) is 2.41. The van der Waals surface area contributed by atoms with Gasteiger partial charge in [-0.05, 0) is 31.7 Å². The third kappa shape index (κ3) is 2.13. The van der Waals surface area contributed by atoms with E-state index in [1.54, 1.807) is 11.3 Å². The van der Waals surface area contributed by atoms with Crippen LogP contribution in [0.4, 0.5) is 0 Å². The first-order valence-corrected chi connectivity index (χ1v) is 7.53. The van der Waals surface area contributed by atoms with Gasteiger partial charge in [-0.25, -0.2) is 9.97 Å². The maximum Gasteiger partial charge on any atom is 0.141 e. The van der Waals surface area contributed by atoms with Crippen molar-refractivity contribution in [2.24, 2.45) is 0 Å². The van der Waals surface area contributed by atoms with E-state index in [1.807, 2.05) is 6.92 Å². The Bertz CT molecular complexity index is 582. The molecule has 1 aliphatic carbocycles. The van der Waals surface area contributed by atoms with Crippen molar-refractivity contribution in [1.82, 2.24) is 9.97 Å². The first-order valence-electron chi connectivity index (χ1n) is 6.34. The smallest absolute Gasteiger partial charge is 0.141 e. The van der Waals surface area contributed by atoms with E-state index in [2.05, 4.69) is 9.97 Å². The van der Waals surface area contributed by atoms with E-state index in [9.17, 15) is 0 Å². The van der Waals surface area contributed by atoms with Crippen molar-refractivity contribution in [2.75, 3.05) is 13.2 Å². The topological polar surface area (TPSA) is 35.0 Å². The lowest BCUT2D eigenvalue weighted by Gasteiger charge is -2.03. The summed E-state index contributed by atoms with van der Waals surface area (Å²) in [6.45, 7) is 3.37. The zero-order chi connectivity index (χ0) is 12.5. The van der Waals surface area contributed by atoms with Gasteiger partial charge in [0.1, 0.15) is 15.8 Å². The van der Waals surface area contributed by atoms with Gasteiger partial charge in [-0.3, -0.25) is 0 Å². The first-order chi connectivity index (χ1) is 8.79. The first kappa shape index (κ1) is 12.3. The average Bonchev–Trinajstić information content (AvgIpc) is 2.88. The second-order valence-corrected chi connectivity index (χ2v) is 5.86. The molecule has 0 aliphatic heterocycles. The van der Waals surface area contributed by atoms with E-state index in [0.29, 0.717) is 11.8 Å². The molecule has 0 fully saturated rings. The summed E-state index contributed by atoms with van der Waals surface area (Å²) in [6, 6.07) is 0. The minimum Gasteiger partial charge on any atom is -0.381 e. The number of hydrogen-bond acceptors (Lipinski definition) is 4. The van der Waals surface area contributed by atoms with Gasteiger partial charge >= 0.3 is 0 Å².